The first-order chi connectivity index (χ1) is 9.02. The van der Waals surface area contributed by atoms with Crippen molar-refractivity contribution < 1.29 is 0 Å². The second-order valence-corrected chi connectivity index (χ2v) is 5.71. The number of hydrogen-bond donors (Lipinski definition) is 3. The van der Waals surface area contributed by atoms with Gasteiger partial charge in [0, 0.05) is 14.5 Å². The molecule has 0 unspecified atom stereocenters. The zero-order valence-corrected chi connectivity index (χ0v) is 12.4. The van der Waals surface area contributed by atoms with E-state index in [9.17, 15) is 9.59 Å². The summed E-state index contributed by atoms with van der Waals surface area (Å²) in [5.41, 5.74) is 0.195. The van der Waals surface area contributed by atoms with Crippen molar-refractivity contribution in [2.75, 3.05) is 0 Å². The molecule has 0 fully saturated rings. The van der Waals surface area contributed by atoms with Crippen LogP contribution in [0.4, 0.5) is 0 Å². The van der Waals surface area contributed by atoms with Gasteiger partial charge in [-0.2, -0.15) is 0 Å². The smallest absolute Gasteiger partial charge is 0.327 e. The van der Waals surface area contributed by atoms with E-state index < -0.39 is 11.2 Å². The second-order valence-electron chi connectivity index (χ2n) is 3.88. The lowest BCUT2D eigenvalue weighted by Gasteiger charge is -1.99. The van der Waals surface area contributed by atoms with Gasteiger partial charge in [0.1, 0.15) is 11.3 Å². The van der Waals surface area contributed by atoms with Gasteiger partial charge >= 0.3 is 5.69 Å². The lowest BCUT2D eigenvalue weighted by atomic mass is 10.2. The molecule has 6 nitrogen and oxygen atoms in total. The quantitative estimate of drug-likeness (QED) is 0.598. The number of imidazole rings is 1. The van der Waals surface area contributed by atoms with Gasteiger partial charge in [-0.25, -0.2) is 9.78 Å². The highest BCUT2D eigenvalue weighted by molar-refractivity contribution is 9.11. The fourth-order valence-electron chi connectivity index (χ4n) is 1.76. The van der Waals surface area contributed by atoms with Crippen LogP contribution in [0.3, 0.4) is 0 Å². The van der Waals surface area contributed by atoms with E-state index in [0.717, 1.165) is 14.5 Å². The minimum atomic E-state index is -0.578. The van der Waals surface area contributed by atoms with Crippen molar-refractivity contribution in [3.63, 3.8) is 0 Å². The first-order valence-corrected chi connectivity index (χ1v) is 6.80. The highest BCUT2D eigenvalue weighted by atomic mass is 79.9. The number of hydrogen-bond acceptors (Lipinski definition) is 3. The predicted octanol–water partition coefficient (Wildman–Crippen LogP) is 2.13. The Morgan fingerprint density at radius 3 is 2.32 bits per heavy atom. The number of aromatic amines is 3. The number of halogens is 2. The average Bonchev–Trinajstić information content (AvgIpc) is 2.71. The molecule has 3 N–H and O–H groups in total. The summed E-state index contributed by atoms with van der Waals surface area (Å²) in [6.45, 7) is 0. The SMILES string of the molecule is O=c1[nH]c(=O)c2[nH]c(-c3cc(Br)cc(Br)c3)nc2[nH]1. The first-order valence-electron chi connectivity index (χ1n) is 5.22. The van der Waals surface area contributed by atoms with Crippen LogP contribution in [-0.2, 0) is 0 Å². The number of rotatable bonds is 1. The van der Waals surface area contributed by atoms with Crippen LogP contribution in [0, 0.1) is 0 Å². The molecular formula is C11H6Br2N4O2. The summed E-state index contributed by atoms with van der Waals surface area (Å²) in [6, 6.07) is 5.60. The lowest BCUT2D eigenvalue weighted by molar-refractivity contribution is 1.07. The standard InChI is InChI=1S/C11H6Br2N4O2/c12-5-1-4(2-6(13)3-5)8-14-7-9(15-8)16-11(19)17-10(7)18/h1-3H,(H3,14,15,16,17,18,19). The molecule has 8 heteroatoms. The largest absolute Gasteiger partial charge is 0.332 e. The number of H-pyrrole nitrogens is 3. The molecule has 0 aliphatic carbocycles. The van der Waals surface area contributed by atoms with Crippen molar-refractivity contribution in [1.82, 2.24) is 19.9 Å². The summed E-state index contributed by atoms with van der Waals surface area (Å²) in [6.07, 6.45) is 0. The van der Waals surface area contributed by atoms with E-state index in [2.05, 4.69) is 51.8 Å². The molecule has 2 aromatic heterocycles. The summed E-state index contributed by atoms with van der Waals surface area (Å²) in [4.78, 5) is 34.5. The Bertz CT molecular complexity index is 873. The number of nitrogens with zero attached hydrogens (tertiary/aromatic N) is 1. The summed E-state index contributed by atoms with van der Waals surface area (Å²) in [5.74, 6) is 0.504. The summed E-state index contributed by atoms with van der Waals surface area (Å²) in [5, 5.41) is 0. The Kier molecular flexibility index (Phi) is 2.90. The maximum absolute atomic E-state index is 11.6. The number of fused-ring (bicyclic) bond motifs is 1. The van der Waals surface area contributed by atoms with Crippen LogP contribution in [0.5, 0.6) is 0 Å². The highest BCUT2D eigenvalue weighted by Gasteiger charge is 2.10. The predicted molar refractivity (Wildman–Crippen MR) is 78.2 cm³/mol. The van der Waals surface area contributed by atoms with Crippen LogP contribution in [-0.4, -0.2) is 19.9 Å². The van der Waals surface area contributed by atoms with E-state index in [-0.39, 0.29) is 11.2 Å². The van der Waals surface area contributed by atoms with Gasteiger partial charge in [0.25, 0.3) is 5.56 Å². The van der Waals surface area contributed by atoms with Crippen LogP contribution in [0.1, 0.15) is 0 Å². The van der Waals surface area contributed by atoms with E-state index in [1.165, 1.54) is 0 Å². The molecule has 2 heterocycles. The molecule has 0 saturated carbocycles. The number of benzene rings is 1. The summed E-state index contributed by atoms with van der Waals surface area (Å²) in [7, 11) is 0. The van der Waals surface area contributed by atoms with Crippen molar-refractivity contribution in [2.24, 2.45) is 0 Å². The molecule has 0 saturated heterocycles. The molecule has 0 radical (unpaired) electrons. The normalized spacial score (nSPS) is 11.1. The van der Waals surface area contributed by atoms with Crippen molar-refractivity contribution in [3.05, 3.63) is 48.0 Å². The van der Waals surface area contributed by atoms with Crippen LogP contribution < -0.4 is 11.2 Å². The van der Waals surface area contributed by atoms with Gasteiger partial charge < -0.3 is 4.98 Å². The van der Waals surface area contributed by atoms with E-state index in [0.29, 0.717) is 5.82 Å². The molecule has 3 aromatic rings. The Balaban J connectivity index is 2.29. The van der Waals surface area contributed by atoms with Crippen molar-refractivity contribution in [3.8, 4) is 11.4 Å². The molecule has 19 heavy (non-hydrogen) atoms. The van der Waals surface area contributed by atoms with E-state index in [1.54, 1.807) is 0 Å². The molecule has 96 valence electrons. The third kappa shape index (κ3) is 2.28. The molecule has 0 atom stereocenters. The Hall–Kier alpha value is -1.67. The van der Waals surface area contributed by atoms with Crippen molar-refractivity contribution >= 4 is 43.0 Å². The summed E-state index contributed by atoms with van der Waals surface area (Å²) >= 11 is 6.77. The number of aromatic nitrogens is 4. The van der Waals surface area contributed by atoms with Crippen molar-refractivity contribution in [2.45, 2.75) is 0 Å². The zero-order valence-electron chi connectivity index (χ0n) is 9.25. The van der Waals surface area contributed by atoms with Gasteiger partial charge in [0.15, 0.2) is 5.65 Å². The third-order valence-corrected chi connectivity index (χ3v) is 3.44. The van der Waals surface area contributed by atoms with E-state index >= 15 is 0 Å². The van der Waals surface area contributed by atoms with Gasteiger partial charge in [-0.05, 0) is 18.2 Å². The minimum absolute atomic E-state index is 0.236. The fraction of sp³-hybridized carbons (Fsp3) is 0. The van der Waals surface area contributed by atoms with Crippen LogP contribution in [0.15, 0.2) is 36.7 Å². The van der Waals surface area contributed by atoms with Gasteiger partial charge in [-0.1, -0.05) is 31.9 Å². The molecule has 0 amide bonds. The topological polar surface area (TPSA) is 94.4 Å². The lowest BCUT2D eigenvalue weighted by Crippen LogP contribution is -2.21. The zero-order chi connectivity index (χ0) is 13.6. The number of nitrogens with one attached hydrogen (secondary N) is 3. The maximum Gasteiger partial charge on any atom is 0.327 e. The molecule has 1 aromatic carbocycles. The van der Waals surface area contributed by atoms with Crippen LogP contribution in [0.2, 0.25) is 0 Å². The van der Waals surface area contributed by atoms with Gasteiger partial charge in [-0.3, -0.25) is 14.8 Å². The van der Waals surface area contributed by atoms with Gasteiger partial charge in [-0.15, -0.1) is 0 Å². The maximum atomic E-state index is 11.6. The van der Waals surface area contributed by atoms with Crippen LogP contribution >= 0.6 is 31.9 Å². The molecule has 3 rings (SSSR count). The first kappa shape index (κ1) is 12.4. The molecule has 0 aliphatic heterocycles. The molecule has 0 bridgehead atoms. The van der Waals surface area contributed by atoms with Crippen LogP contribution in [0.25, 0.3) is 22.6 Å². The second kappa shape index (κ2) is 4.46. The Morgan fingerprint density at radius 2 is 1.63 bits per heavy atom. The average molecular weight is 386 g/mol. The van der Waals surface area contributed by atoms with E-state index in [4.69, 9.17) is 0 Å². The third-order valence-electron chi connectivity index (χ3n) is 2.53. The molecule has 0 aliphatic rings. The Morgan fingerprint density at radius 1 is 0.947 bits per heavy atom. The highest BCUT2D eigenvalue weighted by Crippen LogP contribution is 2.26. The van der Waals surface area contributed by atoms with Gasteiger partial charge in [0.2, 0.25) is 0 Å². The fourth-order valence-corrected chi connectivity index (χ4v) is 3.05. The summed E-state index contributed by atoms with van der Waals surface area (Å²) < 4.78 is 1.75. The molecule has 0 spiro atoms. The van der Waals surface area contributed by atoms with Crippen molar-refractivity contribution in [1.29, 1.82) is 0 Å². The minimum Gasteiger partial charge on any atom is -0.332 e. The van der Waals surface area contributed by atoms with Gasteiger partial charge in [0.05, 0.1) is 0 Å². The Labute approximate surface area is 122 Å². The van der Waals surface area contributed by atoms with E-state index in [1.807, 2.05) is 18.2 Å². The molecular weight excluding hydrogens is 380 g/mol. The monoisotopic (exact) mass is 384 g/mol.